The first-order chi connectivity index (χ1) is 10.1. The molecule has 0 amide bonds. The topological polar surface area (TPSA) is 50.7 Å². The van der Waals surface area contributed by atoms with Crippen LogP contribution in [0.15, 0.2) is 18.2 Å². The Bertz CT molecular complexity index is 438. The van der Waals surface area contributed by atoms with Gasteiger partial charge < -0.3 is 19.9 Å². The van der Waals surface area contributed by atoms with Gasteiger partial charge in [0, 0.05) is 19.7 Å². The van der Waals surface area contributed by atoms with Crippen LogP contribution in [0.3, 0.4) is 0 Å². The molecule has 0 saturated heterocycles. The lowest BCUT2D eigenvalue weighted by Crippen LogP contribution is -2.42. The zero-order valence-electron chi connectivity index (χ0n) is 12.0. The predicted molar refractivity (Wildman–Crippen MR) is 84.4 cm³/mol. The van der Waals surface area contributed by atoms with E-state index in [1.54, 1.807) is 25.3 Å². The van der Waals surface area contributed by atoms with Crippen molar-refractivity contribution in [3.05, 3.63) is 28.2 Å². The number of benzene rings is 1. The molecule has 1 fully saturated rings. The highest BCUT2D eigenvalue weighted by Crippen LogP contribution is 2.32. The molecule has 21 heavy (non-hydrogen) atoms. The third-order valence-corrected chi connectivity index (χ3v) is 4.31. The highest BCUT2D eigenvalue weighted by molar-refractivity contribution is 6.37. The molecule has 0 aromatic heterocycles. The summed E-state index contributed by atoms with van der Waals surface area (Å²) in [5, 5.41) is 14.2. The molecular weight excluding hydrogens is 313 g/mol. The maximum absolute atomic E-state index is 10.00. The van der Waals surface area contributed by atoms with E-state index in [9.17, 15) is 5.11 Å². The van der Waals surface area contributed by atoms with Gasteiger partial charge in [-0.15, -0.1) is 0 Å². The van der Waals surface area contributed by atoms with E-state index in [0.717, 1.165) is 19.3 Å². The van der Waals surface area contributed by atoms with E-state index in [-0.39, 0.29) is 12.7 Å². The Kier molecular flexibility index (Phi) is 6.58. The number of methoxy groups -OCH3 is 1. The molecule has 0 heterocycles. The highest BCUT2D eigenvalue weighted by atomic mass is 35.5. The summed E-state index contributed by atoms with van der Waals surface area (Å²) in [7, 11) is 1.73. The Morgan fingerprint density at radius 3 is 2.71 bits per heavy atom. The van der Waals surface area contributed by atoms with Gasteiger partial charge in [-0.3, -0.25) is 0 Å². The largest absolute Gasteiger partial charge is 0.488 e. The lowest BCUT2D eigenvalue weighted by molar-refractivity contribution is 0.0687. The number of ether oxygens (including phenoxy) is 2. The normalized spacial score (nSPS) is 23.2. The van der Waals surface area contributed by atoms with Gasteiger partial charge in [0.15, 0.2) is 5.75 Å². The van der Waals surface area contributed by atoms with Gasteiger partial charge in [0.05, 0.1) is 16.1 Å². The molecule has 1 saturated carbocycles. The number of hydrogen-bond acceptors (Lipinski definition) is 4. The van der Waals surface area contributed by atoms with Crippen LogP contribution in [0.5, 0.6) is 5.75 Å². The maximum atomic E-state index is 10.00. The van der Waals surface area contributed by atoms with Crippen LogP contribution in [0.1, 0.15) is 19.3 Å². The van der Waals surface area contributed by atoms with E-state index >= 15 is 0 Å². The second kappa shape index (κ2) is 8.20. The Hall–Kier alpha value is -0.520. The molecule has 3 atom stereocenters. The summed E-state index contributed by atoms with van der Waals surface area (Å²) < 4.78 is 10.9. The molecule has 0 radical (unpaired) electrons. The van der Waals surface area contributed by atoms with Crippen molar-refractivity contribution in [1.82, 2.24) is 5.32 Å². The van der Waals surface area contributed by atoms with Gasteiger partial charge in [0.1, 0.15) is 12.7 Å². The van der Waals surface area contributed by atoms with Crippen LogP contribution in [0.4, 0.5) is 0 Å². The standard InChI is InChI=1S/C15H21Cl2NO3/c1-20-14-7-3-6-13(14)18-8-10(19)9-21-15-11(16)4-2-5-12(15)17/h2,4-5,10,13-14,18-19H,3,6-9H2,1H3. The van der Waals surface area contributed by atoms with E-state index in [1.807, 2.05) is 0 Å². The van der Waals surface area contributed by atoms with Crippen molar-refractivity contribution in [3.63, 3.8) is 0 Å². The number of halogens is 2. The van der Waals surface area contributed by atoms with Gasteiger partial charge >= 0.3 is 0 Å². The number of aliphatic hydroxyl groups is 1. The summed E-state index contributed by atoms with van der Waals surface area (Å²) in [6.07, 6.45) is 2.89. The fraction of sp³-hybridized carbons (Fsp3) is 0.600. The average molecular weight is 334 g/mol. The quantitative estimate of drug-likeness (QED) is 0.805. The average Bonchev–Trinajstić information content (AvgIpc) is 2.92. The molecule has 0 bridgehead atoms. The van der Waals surface area contributed by atoms with Crippen molar-refractivity contribution >= 4 is 23.2 Å². The monoisotopic (exact) mass is 333 g/mol. The molecule has 3 unspecified atom stereocenters. The lowest BCUT2D eigenvalue weighted by Gasteiger charge is -2.22. The molecule has 2 N–H and O–H groups in total. The maximum Gasteiger partial charge on any atom is 0.156 e. The van der Waals surface area contributed by atoms with Crippen molar-refractivity contribution in [2.24, 2.45) is 0 Å². The first-order valence-corrected chi connectivity index (χ1v) is 7.88. The fourth-order valence-corrected chi connectivity index (χ4v) is 3.09. The molecule has 0 aliphatic heterocycles. The first kappa shape index (κ1) is 16.8. The van der Waals surface area contributed by atoms with Crippen molar-refractivity contribution in [2.45, 2.75) is 37.5 Å². The molecule has 1 aromatic rings. The first-order valence-electron chi connectivity index (χ1n) is 7.13. The lowest BCUT2D eigenvalue weighted by atomic mass is 10.2. The summed E-state index contributed by atoms with van der Waals surface area (Å²) in [4.78, 5) is 0. The van der Waals surface area contributed by atoms with E-state index in [2.05, 4.69) is 5.32 Å². The van der Waals surface area contributed by atoms with E-state index < -0.39 is 6.10 Å². The van der Waals surface area contributed by atoms with E-state index in [4.69, 9.17) is 32.7 Å². The van der Waals surface area contributed by atoms with Gasteiger partial charge in [0.25, 0.3) is 0 Å². The molecule has 1 aromatic carbocycles. The van der Waals surface area contributed by atoms with Crippen LogP contribution in [-0.4, -0.2) is 43.6 Å². The molecule has 0 spiro atoms. The third kappa shape index (κ3) is 4.73. The Morgan fingerprint density at radius 2 is 2.05 bits per heavy atom. The summed E-state index contributed by atoms with van der Waals surface area (Å²) >= 11 is 12.0. The molecular formula is C15H21Cl2NO3. The molecule has 6 heteroatoms. The van der Waals surface area contributed by atoms with Crippen molar-refractivity contribution < 1.29 is 14.6 Å². The van der Waals surface area contributed by atoms with Crippen LogP contribution < -0.4 is 10.1 Å². The van der Waals surface area contributed by atoms with Gasteiger partial charge in [0.2, 0.25) is 0 Å². The molecule has 118 valence electrons. The highest BCUT2D eigenvalue weighted by Gasteiger charge is 2.27. The van der Waals surface area contributed by atoms with Gasteiger partial charge in [-0.05, 0) is 31.4 Å². The third-order valence-electron chi connectivity index (χ3n) is 3.71. The molecule has 4 nitrogen and oxygen atoms in total. The van der Waals surface area contributed by atoms with Crippen LogP contribution in [-0.2, 0) is 4.74 Å². The van der Waals surface area contributed by atoms with Crippen molar-refractivity contribution in [1.29, 1.82) is 0 Å². The van der Waals surface area contributed by atoms with Crippen LogP contribution >= 0.6 is 23.2 Å². The summed E-state index contributed by atoms with van der Waals surface area (Å²) in [5.74, 6) is 0.413. The number of para-hydroxylation sites is 1. The van der Waals surface area contributed by atoms with Crippen LogP contribution in [0.25, 0.3) is 0 Å². The van der Waals surface area contributed by atoms with Crippen LogP contribution in [0.2, 0.25) is 10.0 Å². The SMILES string of the molecule is COC1CCCC1NCC(O)COc1c(Cl)cccc1Cl. The zero-order chi connectivity index (χ0) is 15.2. The number of aliphatic hydroxyl groups excluding tert-OH is 1. The summed E-state index contributed by atoms with van der Waals surface area (Å²) in [6, 6.07) is 5.46. The zero-order valence-corrected chi connectivity index (χ0v) is 13.5. The fourth-order valence-electron chi connectivity index (χ4n) is 2.59. The Morgan fingerprint density at radius 1 is 1.33 bits per heavy atom. The summed E-state index contributed by atoms with van der Waals surface area (Å²) in [6.45, 7) is 0.591. The summed E-state index contributed by atoms with van der Waals surface area (Å²) in [5.41, 5.74) is 0. The van der Waals surface area contributed by atoms with Gasteiger partial charge in [-0.1, -0.05) is 29.3 Å². The van der Waals surface area contributed by atoms with Crippen LogP contribution in [0, 0.1) is 0 Å². The van der Waals surface area contributed by atoms with E-state index in [0.29, 0.717) is 28.4 Å². The second-order valence-electron chi connectivity index (χ2n) is 5.24. The number of rotatable bonds is 7. The minimum atomic E-state index is -0.629. The molecule has 1 aliphatic carbocycles. The van der Waals surface area contributed by atoms with E-state index in [1.165, 1.54) is 0 Å². The minimum absolute atomic E-state index is 0.140. The smallest absolute Gasteiger partial charge is 0.156 e. The number of hydrogen-bond donors (Lipinski definition) is 2. The number of nitrogens with one attached hydrogen (secondary N) is 1. The molecule has 2 rings (SSSR count). The van der Waals surface area contributed by atoms with Gasteiger partial charge in [-0.2, -0.15) is 0 Å². The second-order valence-corrected chi connectivity index (χ2v) is 6.05. The van der Waals surface area contributed by atoms with Crippen molar-refractivity contribution in [3.8, 4) is 5.75 Å². The minimum Gasteiger partial charge on any atom is -0.488 e. The molecule has 1 aliphatic rings. The predicted octanol–water partition coefficient (Wildman–Crippen LogP) is 2.89. The Balaban J connectivity index is 1.76. The van der Waals surface area contributed by atoms with Gasteiger partial charge in [-0.25, -0.2) is 0 Å². The Labute approximate surface area is 135 Å². The van der Waals surface area contributed by atoms with Crippen molar-refractivity contribution in [2.75, 3.05) is 20.3 Å².